The quantitative estimate of drug-likeness (QED) is 0.621. The van der Waals surface area contributed by atoms with Gasteiger partial charge in [0.1, 0.15) is 18.1 Å². The SMILES string of the molecule is COc1ccc(NC(=S)NCCOc2ccc(Cl)cc2)cc1. The lowest BCUT2D eigenvalue weighted by Crippen LogP contribution is -2.31. The van der Waals surface area contributed by atoms with Crippen molar-refractivity contribution in [2.75, 3.05) is 25.6 Å². The third kappa shape index (κ3) is 5.42. The number of halogens is 1. The minimum Gasteiger partial charge on any atom is -0.497 e. The molecule has 0 saturated heterocycles. The second kappa shape index (κ2) is 8.46. The molecule has 0 aromatic heterocycles. The number of benzene rings is 2. The molecule has 2 rings (SSSR count). The van der Waals surface area contributed by atoms with E-state index in [2.05, 4.69) is 10.6 Å². The van der Waals surface area contributed by atoms with E-state index in [1.54, 1.807) is 19.2 Å². The van der Waals surface area contributed by atoms with Crippen LogP contribution in [0.15, 0.2) is 48.5 Å². The Morgan fingerprint density at radius 1 is 1.05 bits per heavy atom. The predicted octanol–water partition coefficient (Wildman–Crippen LogP) is 3.71. The largest absolute Gasteiger partial charge is 0.497 e. The zero-order valence-corrected chi connectivity index (χ0v) is 13.7. The van der Waals surface area contributed by atoms with Gasteiger partial charge in [0.05, 0.1) is 13.7 Å². The summed E-state index contributed by atoms with van der Waals surface area (Å²) in [5.41, 5.74) is 0.900. The summed E-state index contributed by atoms with van der Waals surface area (Å²) < 4.78 is 10.7. The number of thiocarbonyl (C=S) groups is 1. The van der Waals surface area contributed by atoms with Crippen LogP contribution < -0.4 is 20.1 Å². The van der Waals surface area contributed by atoms with Crippen molar-refractivity contribution in [3.05, 3.63) is 53.6 Å². The van der Waals surface area contributed by atoms with E-state index in [0.717, 1.165) is 17.2 Å². The topological polar surface area (TPSA) is 42.5 Å². The van der Waals surface area contributed by atoms with Crippen LogP contribution in [-0.4, -0.2) is 25.4 Å². The van der Waals surface area contributed by atoms with Crippen molar-refractivity contribution in [3.8, 4) is 11.5 Å². The molecule has 0 aliphatic carbocycles. The summed E-state index contributed by atoms with van der Waals surface area (Å²) in [5, 5.41) is 7.41. The second-order valence-corrected chi connectivity index (χ2v) is 5.26. The van der Waals surface area contributed by atoms with Crippen molar-refractivity contribution in [2.24, 2.45) is 0 Å². The van der Waals surface area contributed by atoms with Crippen LogP contribution >= 0.6 is 23.8 Å². The fraction of sp³-hybridized carbons (Fsp3) is 0.188. The Morgan fingerprint density at radius 2 is 1.68 bits per heavy atom. The van der Waals surface area contributed by atoms with Gasteiger partial charge >= 0.3 is 0 Å². The number of hydrogen-bond donors (Lipinski definition) is 2. The van der Waals surface area contributed by atoms with Gasteiger partial charge in [-0.05, 0) is 60.7 Å². The molecule has 116 valence electrons. The van der Waals surface area contributed by atoms with Crippen LogP contribution in [-0.2, 0) is 0 Å². The van der Waals surface area contributed by atoms with E-state index >= 15 is 0 Å². The van der Waals surface area contributed by atoms with Crippen LogP contribution in [0, 0.1) is 0 Å². The standard InChI is InChI=1S/C16H17ClN2O2S/c1-20-14-8-4-13(5-9-14)19-16(22)18-10-11-21-15-6-2-12(17)3-7-15/h2-9H,10-11H2,1H3,(H2,18,19,22). The Labute approximate surface area is 140 Å². The highest BCUT2D eigenvalue weighted by atomic mass is 35.5. The van der Waals surface area contributed by atoms with Crippen molar-refractivity contribution in [1.29, 1.82) is 0 Å². The lowest BCUT2D eigenvalue weighted by molar-refractivity contribution is 0.323. The summed E-state index contributed by atoms with van der Waals surface area (Å²) in [6.07, 6.45) is 0. The Hall–Kier alpha value is -1.98. The molecule has 0 bridgehead atoms. The van der Waals surface area contributed by atoms with Crippen molar-refractivity contribution in [3.63, 3.8) is 0 Å². The molecule has 0 fully saturated rings. The van der Waals surface area contributed by atoms with Gasteiger partial charge in [0, 0.05) is 10.7 Å². The van der Waals surface area contributed by atoms with Crippen molar-refractivity contribution < 1.29 is 9.47 Å². The Kier molecular flexibility index (Phi) is 6.30. The van der Waals surface area contributed by atoms with Crippen molar-refractivity contribution in [1.82, 2.24) is 5.32 Å². The highest BCUT2D eigenvalue weighted by molar-refractivity contribution is 7.80. The number of nitrogens with one attached hydrogen (secondary N) is 2. The highest BCUT2D eigenvalue weighted by Gasteiger charge is 1.99. The van der Waals surface area contributed by atoms with Crippen LogP contribution in [0.2, 0.25) is 5.02 Å². The number of anilines is 1. The summed E-state index contributed by atoms with van der Waals surface area (Å²) in [4.78, 5) is 0. The lowest BCUT2D eigenvalue weighted by Gasteiger charge is -2.11. The summed E-state index contributed by atoms with van der Waals surface area (Å²) in [5.74, 6) is 1.58. The maximum absolute atomic E-state index is 5.81. The molecule has 0 spiro atoms. The van der Waals surface area contributed by atoms with Crippen LogP contribution in [0.5, 0.6) is 11.5 Å². The van der Waals surface area contributed by atoms with Crippen LogP contribution in [0.1, 0.15) is 0 Å². The van der Waals surface area contributed by atoms with Gasteiger partial charge in [-0.15, -0.1) is 0 Å². The summed E-state index contributed by atoms with van der Waals surface area (Å²) in [6, 6.07) is 14.8. The molecule has 2 aromatic rings. The van der Waals surface area contributed by atoms with E-state index < -0.39 is 0 Å². The van der Waals surface area contributed by atoms with Gasteiger partial charge in [-0.1, -0.05) is 11.6 Å². The monoisotopic (exact) mass is 336 g/mol. The first kappa shape index (κ1) is 16.4. The normalized spacial score (nSPS) is 9.91. The third-order valence-corrected chi connectivity index (χ3v) is 3.32. The van der Waals surface area contributed by atoms with E-state index in [0.29, 0.717) is 23.3 Å². The van der Waals surface area contributed by atoms with Gasteiger partial charge in [0.25, 0.3) is 0 Å². The van der Waals surface area contributed by atoms with Gasteiger partial charge in [-0.2, -0.15) is 0 Å². The average molecular weight is 337 g/mol. The van der Waals surface area contributed by atoms with Gasteiger partial charge in [-0.3, -0.25) is 0 Å². The predicted molar refractivity (Wildman–Crippen MR) is 94.2 cm³/mol. The molecule has 2 aromatic carbocycles. The minimum atomic E-state index is 0.506. The van der Waals surface area contributed by atoms with Crippen LogP contribution in [0.25, 0.3) is 0 Å². The molecule has 22 heavy (non-hydrogen) atoms. The lowest BCUT2D eigenvalue weighted by atomic mass is 10.3. The zero-order chi connectivity index (χ0) is 15.8. The molecule has 0 radical (unpaired) electrons. The van der Waals surface area contributed by atoms with Gasteiger partial charge in [-0.25, -0.2) is 0 Å². The molecule has 0 unspecified atom stereocenters. The zero-order valence-electron chi connectivity index (χ0n) is 12.1. The van der Waals surface area contributed by atoms with E-state index in [1.807, 2.05) is 36.4 Å². The molecule has 0 aliphatic rings. The summed E-state index contributed by atoms with van der Waals surface area (Å²) in [6.45, 7) is 1.11. The number of hydrogen-bond acceptors (Lipinski definition) is 3. The van der Waals surface area contributed by atoms with E-state index in [-0.39, 0.29) is 0 Å². The molecular formula is C16H17ClN2O2S. The molecule has 0 heterocycles. The van der Waals surface area contributed by atoms with Gasteiger partial charge in [0.15, 0.2) is 5.11 Å². The molecule has 0 saturated carbocycles. The van der Waals surface area contributed by atoms with E-state index in [4.69, 9.17) is 33.3 Å². The highest BCUT2D eigenvalue weighted by Crippen LogP contribution is 2.15. The summed E-state index contributed by atoms with van der Waals surface area (Å²) >= 11 is 11.0. The fourth-order valence-electron chi connectivity index (χ4n) is 1.71. The first-order valence-electron chi connectivity index (χ1n) is 6.74. The number of rotatable bonds is 6. The Morgan fingerprint density at radius 3 is 2.32 bits per heavy atom. The second-order valence-electron chi connectivity index (χ2n) is 4.41. The van der Waals surface area contributed by atoms with E-state index in [1.165, 1.54) is 0 Å². The number of methoxy groups -OCH3 is 1. The minimum absolute atomic E-state index is 0.506. The molecule has 0 aliphatic heterocycles. The fourth-order valence-corrected chi connectivity index (χ4v) is 2.06. The van der Waals surface area contributed by atoms with Crippen molar-refractivity contribution >= 4 is 34.6 Å². The third-order valence-electron chi connectivity index (χ3n) is 2.82. The van der Waals surface area contributed by atoms with Crippen LogP contribution in [0.4, 0.5) is 5.69 Å². The Balaban J connectivity index is 1.67. The van der Waals surface area contributed by atoms with Crippen LogP contribution in [0.3, 0.4) is 0 Å². The molecule has 0 amide bonds. The van der Waals surface area contributed by atoms with Crippen molar-refractivity contribution in [2.45, 2.75) is 0 Å². The molecule has 4 nitrogen and oxygen atoms in total. The van der Waals surface area contributed by atoms with Gasteiger partial charge < -0.3 is 20.1 Å². The Bertz CT molecular complexity index is 603. The van der Waals surface area contributed by atoms with E-state index in [9.17, 15) is 0 Å². The molecular weight excluding hydrogens is 320 g/mol. The van der Waals surface area contributed by atoms with Gasteiger partial charge in [0.2, 0.25) is 0 Å². The first-order valence-corrected chi connectivity index (χ1v) is 7.53. The first-order chi connectivity index (χ1) is 10.7. The molecule has 6 heteroatoms. The molecule has 0 atom stereocenters. The molecule has 2 N–H and O–H groups in total. The maximum Gasteiger partial charge on any atom is 0.170 e. The smallest absolute Gasteiger partial charge is 0.170 e. The maximum atomic E-state index is 5.81. The average Bonchev–Trinajstić information content (AvgIpc) is 2.54. The summed E-state index contributed by atoms with van der Waals surface area (Å²) in [7, 11) is 1.63. The number of ether oxygens (including phenoxy) is 2.